The standard InChI is InChI=1S/C19H25N3O2/c1-14-12-20-15(2)22(14)17-10-11-21(13-17)19(23)9-6-16-4-7-18(24-3)8-5-16/h4-5,7-8,12,17H,6,9-11,13H2,1-3H3. The van der Waals surface area contributed by atoms with Crippen molar-refractivity contribution < 1.29 is 9.53 Å². The van der Waals surface area contributed by atoms with Crippen molar-refractivity contribution in [1.29, 1.82) is 0 Å². The molecule has 5 heteroatoms. The van der Waals surface area contributed by atoms with Crippen LogP contribution in [0.2, 0.25) is 0 Å². The topological polar surface area (TPSA) is 47.4 Å². The van der Waals surface area contributed by atoms with Crippen LogP contribution < -0.4 is 4.74 Å². The molecule has 0 N–H and O–H groups in total. The lowest BCUT2D eigenvalue weighted by Crippen LogP contribution is -2.29. The molecule has 1 aromatic heterocycles. The summed E-state index contributed by atoms with van der Waals surface area (Å²) in [5, 5.41) is 0. The van der Waals surface area contributed by atoms with E-state index < -0.39 is 0 Å². The summed E-state index contributed by atoms with van der Waals surface area (Å²) in [7, 11) is 1.66. The Morgan fingerprint density at radius 2 is 2.04 bits per heavy atom. The number of rotatable bonds is 5. The van der Waals surface area contributed by atoms with E-state index in [0.717, 1.165) is 37.5 Å². The minimum absolute atomic E-state index is 0.240. The Labute approximate surface area is 143 Å². The largest absolute Gasteiger partial charge is 0.497 e. The van der Waals surface area contributed by atoms with E-state index in [9.17, 15) is 4.79 Å². The molecule has 3 rings (SSSR count). The molecular formula is C19H25N3O2. The van der Waals surface area contributed by atoms with Gasteiger partial charge in [-0.1, -0.05) is 12.1 Å². The van der Waals surface area contributed by atoms with E-state index in [1.54, 1.807) is 7.11 Å². The van der Waals surface area contributed by atoms with Gasteiger partial charge in [0.05, 0.1) is 13.2 Å². The summed E-state index contributed by atoms with van der Waals surface area (Å²) in [6.07, 6.45) is 4.24. The Morgan fingerprint density at radius 3 is 2.67 bits per heavy atom. The Bertz CT molecular complexity index is 686. The van der Waals surface area contributed by atoms with Gasteiger partial charge in [-0.05, 0) is 44.4 Å². The Morgan fingerprint density at radius 1 is 1.29 bits per heavy atom. The van der Waals surface area contributed by atoms with Gasteiger partial charge in [0.2, 0.25) is 5.91 Å². The Balaban J connectivity index is 1.54. The fourth-order valence-electron chi connectivity index (χ4n) is 3.50. The number of carbonyl (C=O) groups is 1. The summed E-state index contributed by atoms with van der Waals surface area (Å²) in [4.78, 5) is 18.9. The zero-order valence-electron chi connectivity index (χ0n) is 14.7. The van der Waals surface area contributed by atoms with Gasteiger partial charge in [0.15, 0.2) is 0 Å². The van der Waals surface area contributed by atoms with E-state index in [1.165, 1.54) is 11.3 Å². The van der Waals surface area contributed by atoms with Crippen LogP contribution in [-0.4, -0.2) is 40.6 Å². The minimum Gasteiger partial charge on any atom is -0.497 e. The highest BCUT2D eigenvalue weighted by molar-refractivity contribution is 5.76. The van der Waals surface area contributed by atoms with Gasteiger partial charge in [0.1, 0.15) is 11.6 Å². The first-order chi connectivity index (χ1) is 11.6. The molecule has 1 aliphatic heterocycles. The molecule has 1 atom stereocenters. The number of imidazole rings is 1. The van der Waals surface area contributed by atoms with E-state index in [1.807, 2.05) is 42.3 Å². The van der Waals surface area contributed by atoms with Gasteiger partial charge < -0.3 is 14.2 Å². The van der Waals surface area contributed by atoms with Crippen LogP contribution in [0.1, 0.15) is 36.0 Å². The average Bonchev–Trinajstić information content (AvgIpc) is 3.20. The monoisotopic (exact) mass is 327 g/mol. The van der Waals surface area contributed by atoms with Crippen molar-refractivity contribution in [3.05, 3.63) is 47.5 Å². The van der Waals surface area contributed by atoms with Crippen LogP contribution in [0, 0.1) is 13.8 Å². The summed E-state index contributed by atoms with van der Waals surface area (Å²) in [6, 6.07) is 8.29. The summed E-state index contributed by atoms with van der Waals surface area (Å²) in [5.41, 5.74) is 2.34. The normalized spacial score (nSPS) is 17.3. The smallest absolute Gasteiger partial charge is 0.222 e. The molecule has 0 bridgehead atoms. The molecule has 1 aromatic carbocycles. The number of carbonyl (C=O) groups excluding carboxylic acids is 1. The number of hydrogen-bond donors (Lipinski definition) is 0. The van der Waals surface area contributed by atoms with Gasteiger partial charge in [-0.3, -0.25) is 4.79 Å². The second-order valence-electron chi connectivity index (χ2n) is 6.45. The summed E-state index contributed by atoms with van der Waals surface area (Å²) in [6.45, 7) is 5.73. The van der Waals surface area contributed by atoms with E-state index in [0.29, 0.717) is 12.5 Å². The van der Waals surface area contributed by atoms with Crippen LogP contribution in [0.3, 0.4) is 0 Å². The SMILES string of the molecule is COc1ccc(CCC(=O)N2CCC(n3c(C)cnc3C)C2)cc1. The number of hydrogen-bond acceptors (Lipinski definition) is 3. The van der Waals surface area contributed by atoms with Crippen molar-refractivity contribution in [1.82, 2.24) is 14.5 Å². The minimum atomic E-state index is 0.240. The van der Waals surface area contributed by atoms with E-state index >= 15 is 0 Å². The summed E-state index contributed by atoms with van der Waals surface area (Å²) < 4.78 is 7.42. The zero-order valence-corrected chi connectivity index (χ0v) is 14.7. The van der Waals surface area contributed by atoms with Crippen LogP contribution >= 0.6 is 0 Å². The quantitative estimate of drug-likeness (QED) is 0.848. The number of nitrogens with zero attached hydrogens (tertiary/aromatic N) is 3. The molecule has 128 valence electrons. The van der Waals surface area contributed by atoms with Crippen LogP contribution in [0.4, 0.5) is 0 Å². The third-order valence-corrected chi connectivity index (χ3v) is 4.83. The fraction of sp³-hybridized carbons (Fsp3) is 0.474. The number of amides is 1. The highest BCUT2D eigenvalue weighted by atomic mass is 16.5. The number of benzene rings is 1. The van der Waals surface area contributed by atoms with Crippen molar-refractivity contribution in [2.45, 2.75) is 39.2 Å². The molecule has 2 heterocycles. The number of ether oxygens (including phenoxy) is 1. The van der Waals surface area contributed by atoms with E-state index in [2.05, 4.69) is 16.5 Å². The number of aromatic nitrogens is 2. The Kier molecular flexibility index (Phi) is 4.88. The maximum absolute atomic E-state index is 12.5. The third kappa shape index (κ3) is 3.45. The average molecular weight is 327 g/mol. The lowest BCUT2D eigenvalue weighted by Gasteiger charge is -2.19. The number of likely N-dealkylation sites (tertiary alicyclic amines) is 1. The van der Waals surface area contributed by atoms with Gasteiger partial charge in [-0.2, -0.15) is 0 Å². The first kappa shape index (κ1) is 16.6. The van der Waals surface area contributed by atoms with Crippen LogP contribution in [0.25, 0.3) is 0 Å². The molecule has 24 heavy (non-hydrogen) atoms. The molecule has 0 saturated carbocycles. The molecule has 1 amide bonds. The van der Waals surface area contributed by atoms with Gasteiger partial charge in [0.25, 0.3) is 0 Å². The van der Waals surface area contributed by atoms with Crippen LogP contribution in [0.15, 0.2) is 30.5 Å². The first-order valence-electron chi connectivity index (χ1n) is 8.49. The molecule has 0 radical (unpaired) electrons. The summed E-state index contributed by atoms with van der Waals surface area (Å²) in [5.74, 6) is 2.12. The van der Waals surface area contributed by atoms with Crippen LogP contribution in [-0.2, 0) is 11.2 Å². The molecular weight excluding hydrogens is 302 g/mol. The Hall–Kier alpha value is -2.30. The van der Waals surface area contributed by atoms with Crippen LogP contribution in [0.5, 0.6) is 5.75 Å². The zero-order chi connectivity index (χ0) is 17.1. The van der Waals surface area contributed by atoms with Crippen molar-refractivity contribution in [3.63, 3.8) is 0 Å². The maximum Gasteiger partial charge on any atom is 0.222 e. The van der Waals surface area contributed by atoms with Crippen molar-refractivity contribution in [2.24, 2.45) is 0 Å². The van der Waals surface area contributed by atoms with Crippen molar-refractivity contribution >= 4 is 5.91 Å². The molecule has 5 nitrogen and oxygen atoms in total. The van der Waals surface area contributed by atoms with Gasteiger partial charge >= 0.3 is 0 Å². The lowest BCUT2D eigenvalue weighted by atomic mass is 10.1. The fourth-order valence-corrected chi connectivity index (χ4v) is 3.50. The molecule has 1 saturated heterocycles. The van der Waals surface area contributed by atoms with E-state index in [-0.39, 0.29) is 5.91 Å². The third-order valence-electron chi connectivity index (χ3n) is 4.83. The van der Waals surface area contributed by atoms with Gasteiger partial charge in [0, 0.05) is 31.4 Å². The first-order valence-corrected chi connectivity index (χ1v) is 8.49. The number of methoxy groups -OCH3 is 1. The van der Waals surface area contributed by atoms with Crippen molar-refractivity contribution in [3.8, 4) is 5.75 Å². The molecule has 1 unspecified atom stereocenters. The van der Waals surface area contributed by atoms with Crippen molar-refractivity contribution in [2.75, 3.05) is 20.2 Å². The van der Waals surface area contributed by atoms with Gasteiger partial charge in [-0.25, -0.2) is 4.98 Å². The highest BCUT2D eigenvalue weighted by Crippen LogP contribution is 2.25. The molecule has 1 aliphatic rings. The lowest BCUT2D eigenvalue weighted by molar-refractivity contribution is -0.130. The molecule has 2 aromatic rings. The number of aryl methyl sites for hydroxylation is 3. The molecule has 0 aliphatic carbocycles. The molecule has 1 fully saturated rings. The predicted octanol–water partition coefficient (Wildman–Crippen LogP) is 2.91. The second kappa shape index (κ2) is 7.07. The molecule has 0 spiro atoms. The van der Waals surface area contributed by atoms with E-state index in [4.69, 9.17) is 4.74 Å². The van der Waals surface area contributed by atoms with Gasteiger partial charge in [-0.15, -0.1) is 0 Å². The highest BCUT2D eigenvalue weighted by Gasteiger charge is 2.28. The predicted molar refractivity (Wildman–Crippen MR) is 93.3 cm³/mol. The summed E-state index contributed by atoms with van der Waals surface area (Å²) >= 11 is 0. The second-order valence-corrected chi connectivity index (χ2v) is 6.45. The maximum atomic E-state index is 12.5.